The van der Waals surface area contributed by atoms with Crippen molar-refractivity contribution in [3.63, 3.8) is 0 Å². The number of esters is 1. The van der Waals surface area contributed by atoms with Crippen molar-refractivity contribution >= 4 is 24.5 Å². The number of hydrogen-bond donors (Lipinski definition) is 0. The Balaban J connectivity index is 1.65. The Morgan fingerprint density at radius 3 is 2.09 bits per heavy atom. The predicted octanol–water partition coefficient (Wildman–Crippen LogP) is 7.18. The molecule has 6 rings (SSSR count). The minimum Gasteiger partial charge on any atom is -0.460 e. The topological polar surface area (TPSA) is 26.3 Å². The molecule has 3 fully saturated rings. The van der Waals surface area contributed by atoms with Crippen LogP contribution in [0.15, 0.2) is 84.9 Å². The molecule has 3 aliphatic carbocycles. The van der Waals surface area contributed by atoms with E-state index in [9.17, 15) is 4.79 Å². The van der Waals surface area contributed by atoms with Crippen LogP contribution in [0, 0.1) is 23.2 Å². The van der Waals surface area contributed by atoms with Crippen molar-refractivity contribution in [1.82, 2.24) is 0 Å². The molecule has 0 heterocycles. The van der Waals surface area contributed by atoms with E-state index in [2.05, 4.69) is 98.8 Å². The third-order valence-corrected chi connectivity index (χ3v) is 11.2. The lowest BCUT2D eigenvalue weighted by molar-refractivity contribution is -0.179. The zero-order valence-corrected chi connectivity index (χ0v) is 22.5. The molecule has 3 heteroatoms. The van der Waals surface area contributed by atoms with Crippen LogP contribution < -0.4 is 10.6 Å². The molecule has 0 amide bonds. The van der Waals surface area contributed by atoms with Gasteiger partial charge in [-0.2, -0.15) is 0 Å². The molecule has 0 radical (unpaired) electrons. The second-order valence-electron chi connectivity index (χ2n) is 11.8. The normalized spacial score (nSPS) is 25.9. The third-order valence-electron chi connectivity index (χ3n) is 8.21. The summed E-state index contributed by atoms with van der Waals surface area (Å²) in [5.74, 6) is 0.955. The summed E-state index contributed by atoms with van der Waals surface area (Å²) in [4.78, 5) is 13.9. The first kappa shape index (κ1) is 24.3. The molecule has 182 valence electrons. The summed E-state index contributed by atoms with van der Waals surface area (Å²) < 4.78 is 6.10. The molecular formula is C32H37O2P. The standard InChI is InChI=1S/C32H37O2P/c1-31(2,3)34-30(33)29-26-20-23(32(26,4)5)21-28(29)35(24-16-10-7-11-17-24)27-19-13-12-18-25(27)22-14-8-6-9-15-22/h6-19,23,26,28-29H,20-21H2,1-5H3/t23?,26-,28-,29-,35?/m0/s1. The molecular weight excluding hydrogens is 447 g/mol. The molecule has 3 aromatic rings. The molecule has 0 spiro atoms. The van der Waals surface area contributed by atoms with Gasteiger partial charge in [0, 0.05) is 5.66 Å². The molecule has 0 aromatic heterocycles. The van der Waals surface area contributed by atoms with Gasteiger partial charge in [0.2, 0.25) is 0 Å². The summed E-state index contributed by atoms with van der Waals surface area (Å²) in [6.07, 6.45) is 2.23. The average molecular weight is 485 g/mol. The molecule has 3 aliphatic rings. The summed E-state index contributed by atoms with van der Waals surface area (Å²) in [5.41, 5.74) is 2.49. The first-order chi connectivity index (χ1) is 16.7. The third kappa shape index (κ3) is 4.58. The van der Waals surface area contributed by atoms with E-state index in [0.29, 0.717) is 11.8 Å². The van der Waals surface area contributed by atoms with E-state index in [0.717, 1.165) is 12.8 Å². The average Bonchev–Trinajstić information content (AvgIpc) is 2.84. The Labute approximate surface area is 211 Å². The minimum atomic E-state index is -0.765. The first-order valence-corrected chi connectivity index (χ1v) is 14.3. The van der Waals surface area contributed by atoms with Gasteiger partial charge < -0.3 is 4.74 Å². The second-order valence-corrected chi connectivity index (χ2v) is 14.2. The molecule has 5 atom stereocenters. The molecule has 0 N–H and O–H groups in total. The van der Waals surface area contributed by atoms with Gasteiger partial charge in [-0.15, -0.1) is 0 Å². The maximum Gasteiger partial charge on any atom is 0.310 e. The van der Waals surface area contributed by atoms with Crippen molar-refractivity contribution in [2.24, 2.45) is 23.2 Å². The van der Waals surface area contributed by atoms with Gasteiger partial charge in [-0.05, 0) is 80.5 Å². The number of hydrogen-bond acceptors (Lipinski definition) is 2. The lowest BCUT2D eigenvalue weighted by Gasteiger charge is -2.63. The summed E-state index contributed by atoms with van der Waals surface area (Å²) >= 11 is 0. The van der Waals surface area contributed by atoms with Crippen molar-refractivity contribution in [3.8, 4) is 11.1 Å². The molecule has 3 aromatic carbocycles. The fraction of sp³-hybridized carbons (Fsp3) is 0.406. The predicted molar refractivity (Wildman–Crippen MR) is 148 cm³/mol. The zero-order chi connectivity index (χ0) is 24.8. The van der Waals surface area contributed by atoms with Crippen LogP contribution in [-0.2, 0) is 9.53 Å². The summed E-state index contributed by atoms with van der Waals surface area (Å²) in [6.45, 7) is 10.7. The van der Waals surface area contributed by atoms with Gasteiger partial charge in [0.15, 0.2) is 0 Å². The van der Waals surface area contributed by atoms with E-state index in [-0.39, 0.29) is 23.0 Å². The van der Waals surface area contributed by atoms with E-state index in [1.807, 2.05) is 20.8 Å². The number of carbonyl (C=O) groups is 1. The van der Waals surface area contributed by atoms with E-state index < -0.39 is 13.5 Å². The highest BCUT2D eigenvalue weighted by atomic mass is 31.1. The summed E-state index contributed by atoms with van der Waals surface area (Å²) in [5, 5.41) is 2.72. The monoisotopic (exact) mass is 484 g/mol. The Morgan fingerprint density at radius 1 is 0.857 bits per heavy atom. The van der Waals surface area contributed by atoms with Gasteiger partial charge in [-0.3, -0.25) is 4.79 Å². The van der Waals surface area contributed by atoms with Gasteiger partial charge in [-0.1, -0.05) is 98.8 Å². The van der Waals surface area contributed by atoms with Crippen molar-refractivity contribution in [2.45, 2.75) is 58.7 Å². The lowest BCUT2D eigenvalue weighted by atomic mass is 9.45. The fourth-order valence-electron chi connectivity index (χ4n) is 6.37. The van der Waals surface area contributed by atoms with E-state index in [1.54, 1.807) is 0 Å². The minimum absolute atomic E-state index is 0.000603. The smallest absolute Gasteiger partial charge is 0.310 e. The fourth-order valence-corrected chi connectivity index (χ4v) is 9.71. The van der Waals surface area contributed by atoms with E-state index >= 15 is 0 Å². The van der Waals surface area contributed by atoms with E-state index in [1.165, 1.54) is 21.7 Å². The molecule has 0 saturated heterocycles. The highest BCUT2D eigenvalue weighted by Crippen LogP contribution is 2.67. The van der Waals surface area contributed by atoms with Crippen LogP contribution in [-0.4, -0.2) is 17.2 Å². The number of ether oxygens (including phenoxy) is 1. The number of benzene rings is 3. The Morgan fingerprint density at radius 2 is 1.46 bits per heavy atom. The Bertz CT molecular complexity index is 1180. The first-order valence-electron chi connectivity index (χ1n) is 12.9. The SMILES string of the molecule is CC(C)(C)OC(=O)[C@@H]1[C@@H](P(c2ccccc2)c2ccccc2-c2ccccc2)CC2C[C@@H]1C2(C)C. The van der Waals surface area contributed by atoms with Crippen molar-refractivity contribution in [3.05, 3.63) is 84.9 Å². The maximum atomic E-state index is 13.9. The number of fused-ring (bicyclic) bond motifs is 2. The van der Waals surface area contributed by atoms with E-state index in [4.69, 9.17) is 4.74 Å². The summed E-state index contributed by atoms with van der Waals surface area (Å²) in [7, 11) is -0.765. The molecule has 2 nitrogen and oxygen atoms in total. The van der Waals surface area contributed by atoms with Crippen LogP contribution in [0.1, 0.15) is 47.5 Å². The largest absolute Gasteiger partial charge is 0.460 e. The number of rotatable bonds is 5. The van der Waals surface area contributed by atoms with Crippen molar-refractivity contribution in [2.75, 3.05) is 0 Å². The van der Waals surface area contributed by atoms with Crippen molar-refractivity contribution in [1.29, 1.82) is 0 Å². The van der Waals surface area contributed by atoms with Crippen molar-refractivity contribution < 1.29 is 9.53 Å². The van der Waals surface area contributed by atoms with Crippen LogP contribution in [0.3, 0.4) is 0 Å². The number of carbonyl (C=O) groups excluding carboxylic acids is 1. The quantitative estimate of drug-likeness (QED) is 0.283. The molecule has 2 unspecified atom stereocenters. The van der Waals surface area contributed by atoms with Gasteiger partial charge in [0.25, 0.3) is 0 Å². The second kappa shape index (κ2) is 9.21. The Hall–Kier alpha value is -2.44. The van der Waals surface area contributed by atoms with Gasteiger partial charge >= 0.3 is 5.97 Å². The van der Waals surface area contributed by atoms with Crippen LogP contribution in [0.25, 0.3) is 11.1 Å². The van der Waals surface area contributed by atoms with Gasteiger partial charge in [0.05, 0.1) is 5.92 Å². The molecule has 3 saturated carbocycles. The van der Waals surface area contributed by atoms with Crippen LogP contribution in [0.5, 0.6) is 0 Å². The van der Waals surface area contributed by atoms with Crippen LogP contribution >= 0.6 is 7.92 Å². The molecule has 35 heavy (non-hydrogen) atoms. The molecule has 2 bridgehead atoms. The molecule has 0 aliphatic heterocycles. The highest BCUT2D eigenvalue weighted by molar-refractivity contribution is 7.74. The van der Waals surface area contributed by atoms with Crippen LogP contribution in [0.4, 0.5) is 0 Å². The lowest BCUT2D eigenvalue weighted by Crippen LogP contribution is -2.60. The zero-order valence-electron chi connectivity index (χ0n) is 21.6. The highest BCUT2D eigenvalue weighted by Gasteiger charge is 2.62. The van der Waals surface area contributed by atoms with Crippen LogP contribution in [0.2, 0.25) is 0 Å². The van der Waals surface area contributed by atoms with Gasteiger partial charge in [0.1, 0.15) is 5.60 Å². The van der Waals surface area contributed by atoms with Gasteiger partial charge in [-0.25, -0.2) is 0 Å². The maximum absolute atomic E-state index is 13.9. The Kier molecular flexibility index (Phi) is 6.39. The summed E-state index contributed by atoms with van der Waals surface area (Å²) in [6, 6.07) is 30.5.